The van der Waals surface area contributed by atoms with Crippen molar-refractivity contribution in [1.82, 2.24) is 0 Å². The van der Waals surface area contributed by atoms with Gasteiger partial charge in [-0.2, -0.15) is 0 Å². The first-order chi connectivity index (χ1) is 9.75. The first kappa shape index (κ1) is 12.6. The van der Waals surface area contributed by atoms with E-state index in [0.29, 0.717) is 5.41 Å². The van der Waals surface area contributed by atoms with Gasteiger partial charge in [0.25, 0.3) is 0 Å². The fraction of sp³-hybridized carbons (Fsp3) is 0.667. The number of hydrogen-bond acceptors (Lipinski definition) is 2. The van der Waals surface area contributed by atoms with Crippen LogP contribution in [-0.4, -0.2) is 13.7 Å². The van der Waals surface area contributed by atoms with Gasteiger partial charge in [0.15, 0.2) is 0 Å². The number of ether oxygens (including phenoxy) is 1. The van der Waals surface area contributed by atoms with Crippen molar-refractivity contribution in [2.75, 3.05) is 19.0 Å². The Morgan fingerprint density at radius 2 is 1.55 bits per heavy atom. The van der Waals surface area contributed by atoms with Gasteiger partial charge < -0.3 is 10.1 Å². The van der Waals surface area contributed by atoms with Gasteiger partial charge in [-0.05, 0) is 80.5 Å². The lowest BCUT2D eigenvalue weighted by Gasteiger charge is -2.56. The summed E-state index contributed by atoms with van der Waals surface area (Å²) < 4.78 is 6.16. The molecule has 4 bridgehead atoms. The Bertz CT molecular complexity index is 443. The van der Waals surface area contributed by atoms with E-state index in [1.807, 2.05) is 7.05 Å². The molecule has 1 aromatic carbocycles. The largest absolute Gasteiger partial charge is 0.493 e. The van der Waals surface area contributed by atoms with E-state index in [1.54, 1.807) is 0 Å². The van der Waals surface area contributed by atoms with Gasteiger partial charge in [-0.3, -0.25) is 0 Å². The summed E-state index contributed by atoms with van der Waals surface area (Å²) in [5.41, 5.74) is 1.66. The minimum Gasteiger partial charge on any atom is -0.493 e. The van der Waals surface area contributed by atoms with Crippen LogP contribution < -0.4 is 10.1 Å². The van der Waals surface area contributed by atoms with E-state index in [2.05, 4.69) is 29.6 Å². The first-order valence-electron chi connectivity index (χ1n) is 8.15. The van der Waals surface area contributed by atoms with Crippen molar-refractivity contribution in [3.8, 4) is 5.75 Å². The Morgan fingerprint density at radius 1 is 1.00 bits per heavy atom. The third-order valence-electron chi connectivity index (χ3n) is 5.85. The molecule has 0 saturated heterocycles. The van der Waals surface area contributed by atoms with Crippen molar-refractivity contribution in [1.29, 1.82) is 0 Å². The minimum absolute atomic E-state index is 0.510. The first-order valence-corrected chi connectivity index (χ1v) is 8.15. The van der Waals surface area contributed by atoms with Crippen LogP contribution in [0.15, 0.2) is 24.3 Å². The molecule has 0 unspecified atom stereocenters. The molecule has 1 aromatic rings. The summed E-state index contributed by atoms with van der Waals surface area (Å²) in [5, 5.41) is 3.15. The van der Waals surface area contributed by atoms with E-state index >= 15 is 0 Å². The topological polar surface area (TPSA) is 21.3 Å². The summed E-state index contributed by atoms with van der Waals surface area (Å²) in [5.74, 6) is 4.06. The SMILES string of the molecule is CNc1ccc(OCC23CC4CC(CC(C4)C2)C3)cc1. The van der Waals surface area contributed by atoms with Crippen molar-refractivity contribution in [3.63, 3.8) is 0 Å². The van der Waals surface area contributed by atoms with Crippen molar-refractivity contribution in [2.24, 2.45) is 23.2 Å². The van der Waals surface area contributed by atoms with E-state index in [0.717, 1.165) is 35.8 Å². The zero-order valence-corrected chi connectivity index (χ0v) is 12.4. The number of benzene rings is 1. The average Bonchev–Trinajstić information content (AvgIpc) is 2.44. The molecule has 0 atom stereocenters. The smallest absolute Gasteiger partial charge is 0.119 e. The van der Waals surface area contributed by atoms with Gasteiger partial charge in [-0.25, -0.2) is 0 Å². The molecule has 0 aromatic heterocycles. The molecule has 20 heavy (non-hydrogen) atoms. The van der Waals surface area contributed by atoms with Crippen molar-refractivity contribution >= 4 is 5.69 Å². The van der Waals surface area contributed by atoms with Gasteiger partial charge >= 0.3 is 0 Å². The molecule has 5 rings (SSSR count). The standard InChI is InChI=1S/C18H25NO/c1-19-16-2-4-17(5-3-16)20-12-18-9-13-6-14(10-18)8-15(7-13)11-18/h2-5,13-15,19H,6-12H2,1H3. The van der Waals surface area contributed by atoms with Crippen LogP contribution in [0.25, 0.3) is 0 Å². The molecule has 0 spiro atoms. The van der Waals surface area contributed by atoms with Gasteiger partial charge in [0.1, 0.15) is 5.75 Å². The molecule has 0 amide bonds. The van der Waals surface area contributed by atoms with Gasteiger partial charge in [-0.15, -0.1) is 0 Å². The monoisotopic (exact) mass is 271 g/mol. The van der Waals surface area contributed by atoms with Gasteiger partial charge in [-0.1, -0.05) is 0 Å². The summed E-state index contributed by atoms with van der Waals surface area (Å²) in [6, 6.07) is 8.36. The van der Waals surface area contributed by atoms with Gasteiger partial charge in [0, 0.05) is 18.2 Å². The molecule has 4 aliphatic rings. The second kappa shape index (κ2) is 4.68. The Balaban J connectivity index is 1.43. The lowest BCUT2D eigenvalue weighted by atomic mass is 9.50. The number of hydrogen-bond donors (Lipinski definition) is 1. The maximum absolute atomic E-state index is 6.16. The van der Waals surface area contributed by atoms with Crippen LogP contribution in [0.1, 0.15) is 38.5 Å². The fourth-order valence-corrected chi connectivity index (χ4v) is 5.42. The maximum atomic E-state index is 6.16. The molecule has 4 aliphatic carbocycles. The summed E-state index contributed by atoms with van der Waals surface area (Å²) >= 11 is 0. The lowest BCUT2D eigenvalue weighted by molar-refractivity contribution is -0.0745. The van der Waals surface area contributed by atoms with E-state index < -0.39 is 0 Å². The predicted octanol–water partition coefficient (Wildman–Crippen LogP) is 4.32. The van der Waals surface area contributed by atoms with Gasteiger partial charge in [0.05, 0.1) is 6.61 Å². The summed E-state index contributed by atoms with van der Waals surface area (Å²) in [6.45, 7) is 0.940. The molecule has 2 heteroatoms. The van der Waals surface area contributed by atoms with E-state index in [1.165, 1.54) is 38.5 Å². The van der Waals surface area contributed by atoms with Crippen molar-refractivity contribution in [2.45, 2.75) is 38.5 Å². The van der Waals surface area contributed by atoms with Crippen molar-refractivity contribution < 1.29 is 4.74 Å². The predicted molar refractivity (Wildman–Crippen MR) is 82.1 cm³/mol. The quantitative estimate of drug-likeness (QED) is 0.880. The van der Waals surface area contributed by atoms with E-state index in [9.17, 15) is 0 Å². The molecule has 2 nitrogen and oxygen atoms in total. The zero-order chi connectivity index (χ0) is 13.6. The lowest BCUT2D eigenvalue weighted by Crippen LogP contribution is -2.48. The highest BCUT2D eigenvalue weighted by Crippen LogP contribution is 2.60. The van der Waals surface area contributed by atoms with Crippen LogP contribution in [0, 0.1) is 23.2 Å². The van der Waals surface area contributed by atoms with Crippen molar-refractivity contribution in [3.05, 3.63) is 24.3 Å². The Morgan fingerprint density at radius 3 is 2.05 bits per heavy atom. The van der Waals surface area contributed by atoms with Crippen LogP contribution in [0.3, 0.4) is 0 Å². The van der Waals surface area contributed by atoms with E-state index in [-0.39, 0.29) is 0 Å². The molecule has 0 heterocycles. The van der Waals surface area contributed by atoms with Gasteiger partial charge in [0.2, 0.25) is 0 Å². The molecule has 1 N–H and O–H groups in total. The van der Waals surface area contributed by atoms with Crippen LogP contribution >= 0.6 is 0 Å². The van der Waals surface area contributed by atoms with E-state index in [4.69, 9.17) is 4.74 Å². The second-order valence-electron chi connectivity index (χ2n) is 7.48. The molecule has 4 saturated carbocycles. The molecule has 108 valence electrons. The minimum atomic E-state index is 0.510. The second-order valence-corrected chi connectivity index (χ2v) is 7.48. The summed E-state index contributed by atoms with van der Waals surface area (Å²) in [6.07, 6.45) is 8.80. The summed E-state index contributed by atoms with van der Waals surface area (Å²) in [7, 11) is 1.95. The maximum Gasteiger partial charge on any atom is 0.119 e. The number of anilines is 1. The molecule has 0 radical (unpaired) electrons. The van der Waals surface area contributed by atoms with Crippen LogP contribution in [0.2, 0.25) is 0 Å². The normalized spacial score (nSPS) is 38.0. The highest BCUT2D eigenvalue weighted by atomic mass is 16.5. The molecular formula is C18H25NO. The zero-order valence-electron chi connectivity index (χ0n) is 12.4. The number of rotatable bonds is 4. The average molecular weight is 271 g/mol. The third kappa shape index (κ3) is 2.19. The molecule has 0 aliphatic heterocycles. The highest BCUT2D eigenvalue weighted by molar-refractivity contribution is 5.45. The molecule has 4 fully saturated rings. The molecular weight excluding hydrogens is 246 g/mol. The van der Waals surface area contributed by atoms with Crippen LogP contribution in [0.4, 0.5) is 5.69 Å². The Hall–Kier alpha value is -1.18. The fourth-order valence-electron chi connectivity index (χ4n) is 5.42. The number of nitrogens with one attached hydrogen (secondary N) is 1. The van der Waals surface area contributed by atoms with Crippen LogP contribution in [0.5, 0.6) is 5.75 Å². The Labute approximate surface area is 121 Å². The Kier molecular flexibility index (Phi) is 2.94. The third-order valence-corrected chi connectivity index (χ3v) is 5.85. The van der Waals surface area contributed by atoms with Crippen LogP contribution in [-0.2, 0) is 0 Å². The summed E-state index contributed by atoms with van der Waals surface area (Å²) in [4.78, 5) is 0. The highest BCUT2D eigenvalue weighted by Gasteiger charge is 2.51.